The first-order chi connectivity index (χ1) is 19.0. The molecular weight excluding hydrogens is 588 g/mol. The highest BCUT2D eigenvalue weighted by Crippen LogP contribution is 2.42. The number of fused-ring (bicyclic) bond motifs is 1. The van der Waals surface area contributed by atoms with Crippen molar-refractivity contribution < 1.29 is 46.2 Å². The summed E-state index contributed by atoms with van der Waals surface area (Å²) in [7, 11) is -9.70. The number of nitrogen functional groups attached to an aromatic ring is 1. The molecule has 0 saturated carbocycles. The minimum atomic E-state index is -4.88. The van der Waals surface area contributed by atoms with Gasteiger partial charge in [-0.1, -0.05) is 0 Å². The Hall–Kier alpha value is -5.24. The van der Waals surface area contributed by atoms with E-state index in [1.54, 1.807) is 0 Å². The van der Waals surface area contributed by atoms with Crippen molar-refractivity contribution in [3.63, 3.8) is 0 Å². The van der Waals surface area contributed by atoms with E-state index in [-0.39, 0.29) is 39.2 Å². The van der Waals surface area contributed by atoms with Crippen molar-refractivity contribution in [1.82, 2.24) is 0 Å². The van der Waals surface area contributed by atoms with E-state index >= 15 is 0 Å². The minimum absolute atomic E-state index is 0.0805. The van der Waals surface area contributed by atoms with E-state index in [0.29, 0.717) is 6.07 Å². The fraction of sp³-hybridized carbons (Fsp3) is 0. The zero-order valence-electron chi connectivity index (χ0n) is 20.0. The van der Waals surface area contributed by atoms with Gasteiger partial charge in [0.25, 0.3) is 25.9 Å². The molecule has 4 rings (SSSR count). The van der Waals surface area contributed by atoms with Gasteiger partial charge in [0.2, 0.25) is 0 Å². The van der Waals surface area contributed by atoms with Crippen LogP contribution < -0.4 is 5.73 Å². The van der Waals surface area contributed by atoms with Crippen molar-refractivity contribution in [3.8, 4) is 17.2 Å². The number of anilines is 1. The Labute approximate surface area is 229 Å². The molecule has 19 heteroatoms. The zero-order chi connectivity index (χ0) is 30.3. The van der Waals surface area contributed by atoms with Gasteiger partial charge in [-0.25, -0.2) is 0 Å². The number of phenolic OH excluding ortho intramolecular Hbond substituents is 3. The lowest BCUT2D eigenvalue weighted by Crippen LogP contribution is -2.00. The lowest BCUT2D eigenvalue weighted by Gasteiger charge is -2.09. The molecule has 0 spiro atoms. The Morgan fingerprint density at radius 1 is 0.683 bits per heavy atom. The molecule has 212 valence electrons. The van der Waals surface area contributed by atoms with Crippen LogP contribution in [-0.2, 0) is 20.2 Å². The highest BCUT2D eigenvalue weighted by atomic mass is 32.2. The third-order valence-corrected chi connectivity index (χ3v) is 7.03. The van der Waals surface area contributed by atoms with Crippen LogP contribution in [-0.4, -0.2) is 46.2 Å². The third-order valence-electron chi connectivity index (χ3n) is 5.37. The summed E-state index contributed by atoms with van der Waals surface area (Å²) in [5.41, 5.74) is 4.13. The molecule has 17 nitrogen and oxygen atoms in total. The normalized spacial score (nSPS) is 12.4. The number of nitro benzene ring substituents is 1. The van der Waals surface area contributed by atoms with Gasteiger partial charge >= 0.3 is 0 Å². The highest BCUT2D eigenvalue weighted by Gasteiger charge is 2.20. The van der Waals surface area contributed by atoms with Gasteiger partial charge in [-0.2, -0.15) is 21.9 Å². The molecular formula is C22H16N6O11S2. The summed E-state index contributed by atoms with van der Waals surface area (Å²) in [5, 5.41) is 56.4. The lowest BCUT2D eigenvalue weighted by molar-refractivity contribution is -0.383. The monoisotopic (exact) mass is 604 g/mol. The number of rotatable bonds is 7. The number of hydrogen-bond donors (Lipinski definition) is 6. The average Bonchev–Trinajstić information content (AvgIpc) is 2.85. The molecule has 0 saturated heterocycles. The molecule has 0 radical (unpaired) electrons. The first kappa shape index (κ1) is 28.8. The fourth-order valence-electron chi connectivity index (χ4n) is 3.50. The second kappa shape index (κ2) is 10.4. The van der Waals surface area contributed by atoms with Crippen LogP contribution in [0.15, 0.2) is 84.8 Å². The van der Waals surface area contributed by atoms with E-state index in [4.69, 9.17) is 5.73 Å². The van der Waals surface area contributed by atoms with Crippen LogP contribution in [0.2, 0.25) is 0 Å². The fourth-order valence-corrected chi connectivity index (χ4v) is 4.57. The molecule has 41 heavy (non-hydrogen) atoms. The summed E-state index contributed by atoms with van der Waals surface area (Å²) in [6, 6.07) is 8.44. The van der Waals surface area contributed by atoms with Crippen molar-refractivity contribution in [3.05, 3.63) is 64.7 Å². The number of aromatic hydroxyl groups is 3. The summed E-state index contributed by atoms with van der Waals surface area (Å²) in [5.74, 6) is -1.94. The molecule has 4 aromatic rings. The third kappa shape index (κ3) is 6.17. The number of nitrogens with zero attached hydrogens (tertiary/aromatic N) is 5. The summed E-state index contributed by atoms with van der Waals surface area (Å²) in [6.07, 6.45) is 0. The van der Waals surface area contributed by atoms with Crippen molar-refractivity contribution in [2.45, 2.75) is 9.79 Å². The number of nitro groups is 1. The first-order valence-electron chi connectivity index (χ1n) is 10.7. The SMILES string of the molecule is Nc1cc(N=Nc2cc(N=Nc3cc(S(=O)(=O)O)cc4cc(S(=O)(=O)O)cc(O)c34)c(O)cc2O)ccc1[N+](=O)[O-]. The predicted octanol–water partition coefficient (Wildman–Crippen LogP) is 4.77. The Morgan fingerprint density at radius 2 is 1.22 bits per heavy atom. The molecule has 4 aromatic carbocycles. The lowest BCUT2D eigenvalue weighted by atomic mass is 10.1. The molecule has 0 aromatic heterocycles. The van der Waals surface area contributed by atoms with Crippen LogP contribution in [0.25, 0.3) is 10.8 Å². The zero-order valence-corrected chi connectivity index (χ0v) is 21.6. The van der Waals surface area contributed by atoms with Gasteiger partial charge in [-0.05, 0) is 35.7 Å². The summed E-state index contributed by atoms with van der Waals surface area (Å²) < 4.78 is 65.5. The average molecular weight is 605 g/mol. The standard InChI is InChI=1S/C22H16N6O11S2/c23-14-5-11(1-2-18(14)28(32)33)24-25-15-8-16(20(30)9-19(15)29)26-27-17-6-12(40(34,35)36)3-10-4-13(41(37,38)39)7-21(31)22(10)17/h1-9,29-31H,23H2,(H,34,35,36)(H,37,38,39). The molecule has 0 atom stereocenters. The first-order valence-corrected chi connectivity index (χ1v) is 13.6. The molecule has 0 amide bonds. The van der Waals surface area contributed by atoms with Crippen LogP contribution >= 0.6 is 0 Å². The Morgan fingerprint density at radius 3 is 1.76 bits per heavy atom. The van der Waals surface area contributed by atoms with Crippen LogP contribution in [0.1, 0.15) is 0 Å². The molecule has 0 aliphatic carbocycles. The Kier molecular flexibility index (Phi) is 7.29. The topological polar surface area (TPSA) is 288 Å². The largest absolute Gasteiger partial charge is 0.507 e. The van der Waals surface area contributed by atoms with Crippen molar-refractivity contribution in [2.75, 3.05) is 5.73 Å². The maximum atomic E-state index is 11.8. The second-order valence-electron chi connectivity index (χ2n) is 8.16. The van der Waals surface area contributed by atoms with Crippen LogP contribution in [0.4, 0.5) is 34.1 Å². The summed E-state index contributed by atoms with van der Waals surface area (Å²) in [4.78, 5) is 8.67. The van der Waals surface area contributed by atoms with Gasteiger partial charge in [0.1, 0.15) is 34.3 Å². The van der Waals surface area contributed by atoms with E-state index in [1.807, 2.05) is 0 Å². The van der Waals surface area contributed by atoms with Crippen LogP contribution in [0.3, 0.4) is 0 Å². The van der Waals surface area contributed by atoms with Crippen molar-refractivity contribution in [1.29, 1.82) is 0 Å². The molecule has 0 unspecified atom stereocenters. The highest BCUT2D eigenvalue weighted by molar-refractivity contribution is 7.86. The quantitative estimate of drug-likeness (QED) is 0.0546. The predicted molar refractivity (Wildman–Crippen MR) is 141 cm³/mol. The van der Waals surface area contributed by atoms with E-state index < -0.39 is 57.9 Å². The number of hydrogen-bond acceptors (Lipinski definition) is 14. The van der Waals surface area contributed by atoms with Crippen molar-refractivity contribution >= 4 is 65.1 Å². The van der Waals surface area contributed by atoms with E-state index in [2.05, 4.69) is 20.5 Å². The molecule has 0 fully saturated rings. The van der Waals surface area contributed by atoms with Crippen LogP contribution in [0, 0.1) is 10.1 Å². The molecule has 0 bridgehead atoms. The van der Waals surface area contributed by atoms with Gasteiger partial charge in [-0.3, -0.25) is 19.2 Å². The van der Waals surface area contributed by atoms with Crippen LogP contribution in [0.5, 0.6) is 17.2 Å². The second-order valence-corrected chi connectivity index (χ2v) is 11.0. The maximum absolute atomic E-state index is 11.8. The number of phenols is 3. The molecule has 7 N–H and O–H groups in total. The van der Waals surface area contributed by atoms with Gasteiger partial charge < -0.3 is 21.1 Å². The molecule has 0 aliphatic rings. The number of nitrogens with two attached hydrogens (primary N) is 1. The molecule has 0 heterocycles. The number of benzene rings is 4. The Bertz CT molecular complexity index is 2020. The molecule has 0 aliphatic heterocycles. The van der Waals surface area contributed by atoms with E-state index in [1.165, 1.54) is 6.07 Å². The summed E-state index contributed by atoms with van der Waals surface area (Å²) in [6.45, 7) is 0. The van der Waals surface area contributed by atoms with Gasteiger partial charge in [0, 0.05) is 24.3 Å². The van der Waals surface area contributed by atoms with E-state index in [9.17, 15) is 51.4 Å². The van der Waals surface area contributed by atoms with Gasteiger partial charge in [-0.15, -0.1) is 15.3 Å². The Balaban J connectivity index is 1.80. The maximum Gasteiger partial charge on any atom is 0.294 e. The van der Waals surface area contributed by atoms with Gasteiger partial charge in [0.05, 0.1) is 31.5 Å². The van der Waals surface area contributed by atoms with E-state index in [0.717, 1.165) is 42.5 Å². The van der Waals surface area contributed by atoms with Gasteiger partial charge in [0.15, 0.2) is 0 Å². The van der Waals surface area contributed by atoms with Crippen molar-refractivity contribution in [2.24, 2.45) is 20.5 Å². The smallest absolute Gasteiger partial charge is 0.294 e. The minimum Gasteiger partial charge on any atom is -0.507 e. The number of azo groups is 2. The summed E-state index contributed by atoms with van der Waals surface area (Å²) >= 11 is 0.